The molecule has 0 atom stereocenters. The van der Waals surface area contributed by atoms with Gasteiger partial charge in [-0.2, -0.15) is 0 Å². The molecule has 0 saturated heterocycles. The van der Waals surface area contributed by atoms with Crippen LogP contribution in [0.2, 0.25) is 0 Å². The van der Waals surface area contributed by atoms with E-state index in [0.29, 0.717) is 0 Å². The summed E-state index contributed by atoms with van der Waals surface area (Å²) in [6, 6.07) is 0. The first-order valence-electron chi connectivity index (χ1n) is 5.37. The van der Waals surface area contributed by atoms with E-state index in [9.17, 15) is 0 Å². The van der Waals surface area contributed by atoms with Crippen LogP contribution in [0.4, 0.5) is 0 Å². The van der Waals surface area contributed by atoms with E-state index in [2.05, 4.69) is 26.0 Å². The number of hydrogen-bond acceptors (Lipinski definition) is 3. The zero-order chi connectivity index (χ0) is 10.3. The van der Waals surface area contributed by atoms with Gasteiger partial charge >= 0.3 is 0 Å². The Morgan fingerprint density at radius 1 is 1.13 bits per heavy atom. The molecule has 0 aliphatic heterocycles. The molecule has 1 aliphatic carbocycles. The van der Waals surface area contributed by atoms with Gasteiger partial charge in [-0.15, -0.1) is 5.10 Å². The molecular formula is C10H12BrN3S. The molecule has 15 heavy (non-hydrogen) atoms. The minimum Gasteiger partial charge on any atom is -0.222 e. The topological polar surface area (TPSA) is 30.2 Å². The van der Waals surface area contributed by atoms with Gasteiger partial charge in [-0.3, -0.25) is 0 Å². The summed E-state index contributed by atoms with van der Waals surface area (Å²) >= 11 is 5.03. The van der Waals surface area contributed by atoms with Crippen molar-refractivity contribution in [3.63, 3.8) is 0 Å². The average Bonchev–Trinajstić information content (AvgIpc) is 2.63. The second kappa shape index (κ2) is 3.87. The molecule has 0 fully saturated rings. The summed E-state index contributed by atoms with van der Waals surface area (Å²) in [5.41, 5.74) is 2.62. The van der Waals surface area contributed by atoms with Gasteiger partial charge in [-0.25, -0.2) is 9.50 Å². The smallest absolute Gasteiger partial charge is 0.213 e. The Morgan fingerprint density at radius 3 is 2.80 bits per heavy atom. The lowest BCUT2D eigenvalue weighted by atomic mass is 10.0. The van der Waals surface area contributed by atoms with Crippen molar-refractivity contribution in [3.8, 4) is 0 Å². The molecule has 0 bridgehead atoms. The Morgan fingerprint density at radius 2 is 1.93 bits per heavy atom. The molecule has 3 nitrogen and oxygen atoms in total. The van der Waals surface area contributed by atoms with Gasteiger partial charge in [0, 0.05) is 0 Å². The van der Waals surface area contributed by atoms with Gasteiger partial charge in [0.25, 0.3) is 0 Å². The molecule has 0 aromatic carbocycles. The second-order valence-corrected chi connectivity index (χ2v) is 6.20. The predicted molar refractivity (Wildman–Crippen MR) is 64.4 cm³/mol. The van der Waals surface area contributed by atoms with E-state index in [1.54, 1.807) is 11.3 Å². The summed E-state index contributed by atoms with van der Waals surface area (Å²) < 4.78 is 2.95. The van der Waals surface area contributed by atoms with Gasteiger partial charge in [0.2, 0.25) is 4.96 Å². The number of nitrogens with zero attached hydrogens (tertiary/aromatic N) is 3. The normalized spacial score (nSPS) is 17.4. The second-order valence-electron chi connectivity index (χ2n) is 3.97. The highest BCUT2D eigenvalue weighted by Crippen LogP contribution is 2.26. The molecule has 2 aromatic heterocycles. The SMILES string of the molecule is Brc1nn2c3c(nc2s1)CCCCCC3. The first-order chi connectivity index (χ1) is 7.34. The Balaban J connectivity index is 2.13. The minimum absolute atomic E-state index is 0.926. The fourth-order valence-corrected chi connectivity index (χ4v) is 3.46. The van der Waals surface area contributed by atoms with Crippen molar-refractivity contribution in [2.75, 3.05) is 0 Å². The summed E-state index contributed by atoms with van der Waals surface area (Å²) in [6.07, 6.45) is 7.50. The highest BCUT2D eigenvalue weighted by Gasteiger charge is 2.16. The fourth-order valence-electron chi connectivity index (χ4n) is 2.20. The highest BCUT2D eigenvalue weighted by molar-refractivity contribution is 9.11. The predicted octanol–water partition coefficient (Wildman–Crippen LogP) is 3.21. The van der Waals surface area contributed by atoms with Crippen LogP contribution >= 0.6 is 27.3 Å². The van der Waals surface area contributed by atoms with Crippen LogP contribution in [0, 0.1) is 0 Å². The molecule has 3 rings (SSSR count). The molecule has 2 heterocycles. The van der Waals surface area contributed by atoms with E-state index in [1.807, 2.05) is 4.52 Å². The van der Waals surface area contributed by atoms with Gasteiger partial charge < -0.3 is 0 Å². The van der Waals surface area contributed by atoms with Crippen LogP contribution in [-0.4, -0.2) is 14.6 Å². The molecule has 0 radical (unpaired) electrons. The molecule has 0 saturated carbocycles. The highest BCUT2D eigenvalue weighted by atomic mass is 79.9. The lowest BCUT2D eigenvalue weighted by Gasteiger charge is -2.07. The maximum Gasteiger partial charge on any atom is 0.213 e. The monoisotopic (exact) mass is 285 g/mol. The Bertz CT molecular complexity index is 488. The molecule has 0 spiro atoms. The number of fused-ring (bicyclic) bond motifs is 3. The van der Waals surface area contributed by atoms with Crippen LogP contribution in [0.3, 0.4) is 0 Å². The summed E-state index contributed by atoms with van der Waals surface area (Å²) in [5.74, 6) is 0. The Hall–Kier alpha value is -0.420. The fraction of sp³-hybridized carbons (Fsp3) is 0.600. The molecule has 1 aliphatic rings. The average molecular weight is 286 g/mol. The lowest BCUT2D eigenvalue weighted by Crippen LogP contribution is -2.02. The van der Waals surface area contributed by atoms with E-state index >= 15 is 0 Å². The zero-order valence-electron chi connectivity index (χ0n) is 8.37. The number of halogens is 1. The summed E-state index contributed by atoms with van der Waals surface area (Å²) in [4.78, 5) is 5.70. The number of aryl methyl sites for hydroxylation is 2. The van der Waals surface area contributed by atoms with Crippen LogP contribution < -0.4 is 0 Å². The minimum atomic E-state index is 0.926. The number of imidazole rings is 1. The third kappa shape index (κ3) is 1.72. The van der Waals surface area contributed by atoms with Crippen LogP contribution in [0.1, 0.15) is 37.1 Å². The van der Waals surface area contributed by atoms with E-state index in [1.165, 1.54) is 37.1 Å². The Kier molecular flexibility index (Phi) is 2.52. The molecular weight excluding hydrogens is 274 g/mol. The van der Waals surface area contributed by atoms with Gasteiger partial charge in [0.15, 0.2) is 3.92 Å². The van der Waals surface area contributed by atoms with Crippen LogP contribution in [0.5, 0.6) is 0 Å². The molecule has 80 valence electrons. The summed E-state index contributed by atoms with van der Waals surface area (Å²) in [7, 11) is 0. The van der Waals surface area contributed by atoms with Crippen LogP contribution in [0.25, 0.3) is 4.96 Å². The first-order valence-corrected chi connectivity index (χ1v) is 6.98. The standard InChI is InChI=1S/C10H12BrN3S/c11-9-13-14-8-6-4-2-1-3-5-7(8)12-10(14)15-9/h1-6H2. The Labute approximate surface area is 101 Å². The van der Waals surface area contributed by atoms with Crippen molar-refractivity contribution in [2.45, 2.75) is 38.5 Å². The van der Waals surface area contributed by atoms with Crippen molar-refractivity contribution in [2.24, 2.45) is 0 Å². The van der Waals surface area contributed by atoms with Crippen LogP contribution in [0.15, 0.2) is 3.92 Å². The molecule has 0 N–H and O–H groups in total. The molecule has 0 unspecified atom stereocenters. The van der Waals surface area contributed by atoms with Crippen molar-refractivity contribution >= 4 is 32.2 Å². The molecule has 0 amide bonds. The largest absolute Gasteiger partial charge is 0.222 e. The number of rotatable bonds is 0. The van der Waals surface area contributed by atoms with Gasteiger partial charge in [-0.1, -0.05) is 24.2 Å². The van der Waals surface area contributed by atoms with Gasteiger partial charge in [-0.05, 0) is 41.6 Å². The van der Waals surface area contributed by atoms with E-state index in [0.717, 1.165) is 21.7 Å². The quantitative estimate of drug-likeness (QED) is 0.744. The third-order valence-corrected chi connectivity index (χ3v) is 4.27. The molecule has 5 heteroatoms. The van der Waals surface area contributed by atoms with Crippen molar-refractivity contribution in [1.29, 1.82) is 0 Å². The van der Waals surface area contributed by atoms with Crippen LogP contribution in [-0.2, 0) is 12.8 Å². The van der Waals surface area contributed by atoms with Gasteiger partial charge in [0.05, 0.1) is 11.4 Å². The molecule has 2 aromatic rings. The van der Waals surface area contributed by atoms with E-state index < -0.39 is 0 Å². The van der Waals surface area contributed by atoms with Crippen molar-refractivity contribution in [1.82, 2.24) is 14.6 Å². The maximum absolute atomic E-state index is 4.66. The first kappa shape index (κ1) is 9.78. The lowest BCUT2D eigenvalue weighted by molar-refractivity contribution is 0.600. The zero-order valence-corrected chi connectivity index (χ0v) is 10.8. The van der Waals surface area contributed by atoms with Gasteiger partial charge in [0.1, 0.15) is 0 Å². The summed E-state index contributed by atoms with van der Waals surface area (Å²) in [6.45, 7) is 0. The van der Waals surface area contributed by atoms with E-state index in [4.69, 9.17) is 0 Å². The number of aromatic nitrogens is 3. The van der Waals surface area contributed by atoms with E-state index in [-0.39, 0.29) is 0 Å². The van der Waals surface area contributed by atoms with Crippen molar-refractivity contribution in [3.05, 3.63) is 15.3 Å². The number of hydrogen-bond donors (Lipinski definition) is 0. The van der Waals surface area contributed by atoms with Crippen molar-refractivity contribution < 1.29 is 0 Å². The maximum atomic E-state index is 4.66. The third-order valence-electron chi connectivity index (χ3n) is 2.93. The summed E-state index contributed by atoms with van der Waals surface area (Å²) in [5, 5.41) is 4.45.